The highest BCUT2D eigenvalue weighted by Crippen LogP contribution is 2.25. The van der Waals surface area contributed by atoms with Crippen molar-refractivity contribution in [2.45, 2.75) is 6.54 Å². The van der Waals surface area contributed by atoms with Gasteiger partial charge in [-0.1, -0.05) is 6.07 Å². The summed E-state index contributed by atoms with van der Waals surface area (Å²) in [6, 6.07) is 4.93. The normalized spacial score (nSPS) is 14.0. The van der Waals surface area contributed by atoms with Gasteiger partial charge in [0.1, 0.15) is 11.5 Å². The molecule has 3 nitrogen and oxygen atoms in total. The molecule has 0 saturated carbocycles. The van der Waals surface area contributed by atoms with Crippen LogP contribution in [0.5, 0.6) is 0 Å². The quantitative estimate of drug-likeness (QED) is 0.867. The topological polar surface area (TPSA) is 19.4 Å². The molecule has 2 heterocycles. The summed E-state index contributed by atoms with van der Waals surface area (Å²) in [5.41, 5.74) is 0.303. The minimum atomic E-state index is -1.09. The number of pyridine rings is 1. The number of hydrogen-bond donors (Lipinski definition) is 0. The fraction of sp³-hybridized carbons (Fsp3) is 0.188. The molecular weight excluding hydrogens is 291 g/mol. The lowest BCUT2D eigenvalue weighted by atomic mass is 10.1. The second-order valence-corrected chi connectivity index (χ2v) is 5.22. The van der Waals surface area contributed by atoms with Crippen LogP contribution in [0.4, 0.5) is 13.2 Å². The van der Waals surface area contributed by atoms with Gasteiger partial charge in [0.2, 0.25) is 0 Å². The van der Waals surface area contributed by atoms with Crippen molar-refractivity contribution in [3.8, 4) is 11.3 Å². The van der Waals surface area contributed by atoms with E-state index in [9.17, 15) is 13.2 Å². The Hall–Kier alpha value is -2.50. The summed E-state index contributed by atoms with van der Waals surface area (Å²) in [4.78, 5) is 7.94. The Morgan fingerprint density at radius 2 is 1.95 bits per heavy atom. The van der Waals surface area contributed by atoms with Gasteiger partial charge in [0.05, 0.1) is 6.67 Å². The van der Waals surface area contributed by atoms with Crippen molar-refractivity contribution in [3.63, 3.8) is 0 Å². The number of halogens is 3. The zero-order chi connectivity index (χ0) is 15.7. The van der Waals surface area contributed by atoms with E-state index in [0.717, 1.165) is 6.07 Å². The average molecular weight is 305 g/mol. The molecule has 22 heavy (non-hydrogen) atoms. The smallest absolute Gasteiger partial charge is 0.168 e. The summed E-state index contributed by atoms with van der Waals surface area (Å²) in [6.45, 7) is 1.21. The first kappa shape index (κ1) is 14.4. The van der Waals surface area contributed by atoms with Gasteiger partial charge >= 0.3 is 0 Å². The van der Waals surface area contributed by atoms with Crippen molar-refractivity contribution in [3.05, 3.63) is 65.9 Å². The van der Waals surface area contributed by atoms with Crippen LogP contribution in [0.25, 0.3) is 11.3 Å². The molecule has 0 spiro atoms. The lowest BCUT2D eigenvalue weighted by molar-refractivity contribution is 0.290. The largest absolute Gasteiger partial charge is 0.362 e. The van der Waals surface area contributed by atoms with E-state index < -0.39 is 17.5 Å². The van der Waals surface area contributed by atoms with Gasteiger partial charge in [-0.15, -0.1) is 0 Å². The summed E-state index contributed by atoms with van der Waals surface area (Å²) in [5, 5.41) is 0. The summed E-state index contributed by atoms with van der Waals surface area (Å²) < 4.78 is 41.2. The van der Waals surface area contributed by atoms with Gasteiger partial charge in [-0.05, 0) is 23.8 Å². The first-order chi connectivity index (χ1) is 10.5. The van der Waals surface area contributed by atoms with E-state index in [4.69, 9.17) is 0 Å². The fourth-order valence-electron chi connectivity index (χ4n) is 2.37. The van der Waals surface area contributed by atoms with Gasteiger partial charge < -0.3 is 9.80 Å². The van der Waals surface area contributed by atoms with E-state index in [2.05, 4.69) is 4.98 Å². The molecule has 0 N–H and O–H groups in total. The van der Waals surface area contributed by atoms with E-state index in [1.807, 2.05) is 29.2 Å². The molecule has 0 fully saturated rings. The molecule has 0 amide bonds. The van der Waals surface area contributed by atoms with E-state index in [1.165, 1.54) is 24.4 Å². The maximum atomic E-state index is 14.2. The third kappa shape index (κ3) is 2.77. The molecule has 0 radical (unpaired) electrons. The van der Waals surface area contributed by atoms with Crippen LogP contribution in [-0.2, 0) is 6.54 Å². The van der Waals surface area contributed by atoms with Crippen LogP contribution in [0, 0.1) is 17.5 Å². The van der Waals surface area contributed by atoms with Gasteiger partial charge in [-0.25, -0.2) is 13.2 Å². The Morgan fingerprint density at radius 1 is 1.14 bits per heavy atom. The fourth-order valence-corrected chi connectivity index (χ4v) is 2.37. The Balaban J connectivity index is 1.86. The second-order valence-electron chi connectivity index (χ2n) is 5.22. The molecule has 1 aliphatic rings. The summed E-state index contributed by atoms with van der Waals surface area (Å²) in [7, 11) is 1.94. The van der Waals surface area contributed by atoms with E-state index in [0.29, 0.717) is 18.8 Å². The molecule has 2 aromatic rings. The van der Waals surface area contributed by atoms with Crippen molar-refractivity contribution < 1.29 is 13.2 Å². The average Bonchev–Trinajstić information content (AvgIpc) is 2.88. The van der Waals surface area contributed by atoms with Crippen LogP contribution in [0.1, 0.15) is 5.56 Å². The summed E-state index contributed by atoms with van der Waals surface area (Å²) in [5.74, 6) is -2.78. The first-order valence-corrected chi connectivity index (χ1v) is 6.76. The number of hydrogen-bond acceptors (Lipinski definition) is 3. The molecule has 1 aromatic heterocycles. The maximum Gasteiger partial charge on any atom is 0.168 e. The Bertz CT molecular complexity index is 731. The highest BCUT2D eigenvalue weighted by Gasteiger charge is 2.16. The molecule has 3 rings (SSSR count). The Morgan fingerprint density at radius 3 is 2.64 bits per heavy atom. The van der Waals surface area contributed by atoms with Gasteiger partial charge in [0, 0.05) is 37.8 Å². The van der Waals surface area contributed by atoms with Crippen molar-refractivity contribution in [2.24, 2.45) is 0 Å². The molecule has 0 atom stereocenters. The number of aromatic nitrogens is 1. The zero-order valence-electron chi connectivity index (χ0n) is 11.9. The van der Waals surface area contributed by atoms with Crippen molar-refractivity contribution in [2.75, 3.05) is 13.7 Å². The van der Waals surface area contributed by atoms with Gasteiger partial charge in [0.25, 0.3) is 0 Å². The third-order valence-electron chi connectivity index (χ3n) is 3.43. The second kappa shape index (κ2) is 5.71. The molecule has 0 bridgehead atoms. The van der Waals surface area contributed by atoms with Crippen molar-refractivity contribution in [1.29, 1.82) is 0 Å². The molecular formula is C16H14F3N3. The van der Waals surface area contributed by atoms with Crippen molar-refractivity contribution >= 4 is 0 Å². The van der Waals surface area contributed by atoms with Crippen LogP contribution in [0.3, 0.4) is 0 Å². The molecule has 1 aliphatic heterocycles. The maximum absolute atomic E-state index is 14.2. The SMILES string of the molecule is CN1C=CN(Cc2cnc(-c3cccc(F)c3F)c(F)c2)C1. The molecule has 0 unspecified atom stereocenters. The van der Waals surface area contributed by atoms with E-state index in [-0.39, 0.29) is 11.3 Å². The standard InChI is InChI=1S/C16H14F3N3/c1-21-5-6-22(10-21)9-11-7-14(18)16(20-8-11)12-3-2-4-13(17)15(12)19/h2-8H,9-10H2,1H3. The van der Waals surface area contributed by atoms with E-state index in [1.54, 1.807) is 0 Å². The molecule has 1 aromatic carbocycles. The molecule has 0 saturated heterocycles. The van der Waals surface area contributed by atoms with E-state index >= 15 is 0 Å². The van der Waals surface area contributed by atoms with Crippen LogP contribution in [0.15, 0.2) is 42.9 Å². The van der Waals surface area contributed by atoms with Gasteiger partial charge in [-0.3, -0.25) is 4.98 Å². The Kier molecular flexibility index (Phi) is 3.75. The number of rotatable bonds is 3. The lowest BCUT2D eigenvalue weighted by Gasteiger charge is -2.18. The zero-order valence-corrected chi connectivity index (χ0v) is 11.9. The predicted molar refractivity (Wildman–Crippen MR) is 76.9 cm³/mol. The summed E-state index contributed by atoms with van der Waals surface area (Å²) >= 11 is 0. The predicted octanol–water partition coefficient (Wildman–Crippen LogP) is 3.34. The van der Waals surface area contributed by atoms with Crippen LogP contribution in [-0.4, -0.2) is 28.5 Å². The van der Waals surface area contributed by atoms with Crippen LogP contribution >= 0.6 is 0 Å². The molecule has 114 valence electrons. The third-order valence-corrected chi connectivity index (χ3v) is 3.43. The lowest BCUT2D eigenvalue weighted by Crippen LogP contribution is -2.22. The van der Waals surface area contributed by atoms with Crippen LogP contribution in [0.2, 0.25) is 0 Å². The van der Waals surface area contributed by atoms with Crippen molar-refractivity contribution in [1.82, 2.24) is 14.8 Å². The van der Waals surface area contributed by atoms with Gasteiger partial charge in [0.15, 0.2) is 11.6 Å². The van der Waals surface area contributed by atoms with Crippen LogP contribution < -0.4 is 0 Å². The first-order valence-electron chi connectivity index (χ1n) is 6.76. The monoisotopic (exact) mass is 305 g/mol. The highest BCUT2D eigenvalue weighted by atomic mass is 19.2. The highest BCUT2D eigenvalue weighted by molar-refractivity contribution is 5.60. The minimum absolute atomic E-state index is 0.176. The molecule has 6 heteroatoms. The molecule has 0 aliphatic carbocycles. The summed E-state index contributed by atoms with van der Waals surface area (Å²) in [6.07, 6.45) is 5.30. The van der Waals surface area contributed by atoms with Gasteiger partial charge in [-0.2, -0.15) is 0 Å². The number of nitrogens with zero attached hydrogens (tertiary/aromatic N) is 3. The minimum Gasteiger partial charge on any atom is -0.362 e. The Labute approximate surface area is 126 Å². The number of benzene rings is 1.